The van der Waals surface area contributed by atoms with Gasteiger partial charge in [-0.2, -0.15) is 0 Å². The molecule has 1 amide bonds. The Labute approximate surface area is 121 Å². The molecule has 0 saturated carbocycles. The zero-order valence-corrected chi connectivity index (χ0v) is 12.5. The molecular formula is C15H23ClN2O. The molecule has 2 unspecified atom stereocenters. The third-order valence-electron chi connectivity index (χ3n) is 3.92. The molecule has 1 heterocycles. The minimum absolute atomic E-state index is 0. The number of piperidine rings is 1. The van der Waals surface area contributed by atoms with Crippen LogP contribution in [0.1, 0.15) is 35.7 Å². The van der Waals surface area contributed by atoms with Gasteiger partial charge >= 0.3 is 0 Å². The highest BCUT2D eigenvalue weighted by Crippen LogP contribution is 2.24. The SMILES string of the molecule is Cc1ccc(C(=O)N2CCCC(C)C2CN)cc1.Cl. The van der Waals surface area contributed by atoms with Crippen LogP contribution in [0.25, 0.3) is 0 Å². The Hall–Kier alpha value is -1.06. The van der Waals surface area contributed by atoms with Gasteiger partial charge in [-0.3, -0.25) is 4.79 Å². The van der Waals surface area contributed by atoms with Gasteiger partial charge in [0.15, 0.2) is 0 Å². The molecule has 0 bridgehead atoms. The number of carbonyl (C=O) groups is 1. The third kappa shape index (κ3) is 3.48. The number of rotatable bonds is 2. The molecule has 2 atom stereocenters. The van der Waals surface area contributed by atoms with E-state index < -0.39 is 0 Å². The summed E-state index contributed by atoms with van der Waals surface area (Å²) in [5.41, 5.74) is 7.78. The Morgan fingerprint density at radius 1 is 1.37 bits per heavy atom. The zero-order chi connectivity index (χ0) is 13.1. The number of hydrogen-bond donors (Lipinski definition) is 1. The topological polar surface area (TPSA) is 46.3 Å². The van der Waals surface area contributed by atoms with Crippen molar-refractivity contribution in [2.75, 3.05) is 13.1 Å². The van der Waals surface area contributed by atoms with E-state index in [1.807, 2.05) is 36.1 Å². The fourth-order valence-electron chi connectivity index (χ4n) is 2.72. The predicted molar refractivity (Wildman–Crippen MR) is 80.7 cm³/mol. The second-order valence-electron chi connectivity index (χ2n) is 5.29. The number of likely N-dealkylation sites (tertiary alicyclic amines) is 1. The van der Waals surface area contributed by atoms with Gasteiger partial charge in [0, 0.05) is 24.7 Å². The van der Waals surface area contributed by atoms with Crippen LogP contribution in [-0.4, -0.2) is 29.9 Å². The first-order valence-electron chi connectivity index (χ1n) is 6.71. The second-order valence-corrected chi connectivity index (χ2v) is 5.29. The maximum Gasteiger partial charge on any atom is 0.254 e. The molecule has 4 heteroatoms. The number of carbonyl (C=O) groups excluding carboxylic acids is 1. The maximum atomic E-state index is 12.5. The monoisotopic (exact) mass is 282 g/mol. The van der Waals surface area contributed by atoms with Crippen LogP contribution in [0.4, 0.5) is 0 Å². The van der Waals surface area contributed by atoms with E-state index in [9.17, 15) is 4.79 Å². The van der Waals surface area contributed by atoms with E-state index in [1.54, 1.807) is 0 Å². The van der Waals surface area contributed by atoms with Crippen molar-refractivity contribution >= 4 is 18.3 Å². The van der Waals surface area contributed by atoms with Crippen LogP contribution in [-0.2, 0) is 0 Å². The van der Waals surface area contributed by atoms with Crippen LogP contribution < -0.4 is 5.73 Å². The van der Waals surface area contributed by atoms with Gasteiger partial charge in [0.2, 0.25) is 0 Å². The second kappa shape index (κ2) is 6.92. The summed E-state index contributed by atoms with van der Waals surface area (Å²) in [4.78, 5) is 14.5. The van der Waals surface area contributed by atoms with Crippen molar-refractivity contribution in [3.63, 3.8) is 0 Å². The quantitative estimate of drug-likeness (QED) is 0.906. The summed E-state index contributed by atoms with van der Waals surface area (Å²) in [6, 6.07) is 7.97. The first-order chi connectivity index (χ1) is 8.63. The Morgan fingerprint density at radius 2 is 2.00 bits per heavy atom. The number of halogens is 1. The Kier molecular flexibility index (Phi) is 5.83. The molecule has 1 aliphatic rings. The standard InChI is InChI=1S/C15H22N2O.ClH/c1-11-5-7-13(8-6-11)15(18)17-9-3-4-12(2)14(17)10-16;/h5-8,12,14H,3-4,9-10,16H2,1-2H3;1H. The van der Waals surface area contributed by atoms with Crippen molar-refractivity contribution < 1.29 is 4.79 Å². The van der Waals surface area contributed by atoms with E-state index in [0.29, 0.717) is 12.5 Å². The lowest BCUT2D eigenvalue weighted by Crippen LogP contribution is -2.51. The van der Waals surface area contributed by atoms with Gasteiger partial charge in [0.1, 0.15) is 0 Å². The van der Waals surface area contributed by atoms with Gasteiger partial charge in [0.05, 0.1) is 0 Å². The minimum atomic E-state index is 0. The lowest BCUT2D eigenvalue weighted by Gasteiger charge is -2.39. The highest BCUT2D eigenvalue weighted by atomic mass is 35.5. The molecule has 1 aromatic rings. The van der Waals surface area contributed by atoms with Crippen LogP contribution in [0.2, 0.25) is 0 Å². The summed E-state index contributed by atoms with van der Waals surface area (Å²) in [5.74, 6) is 0.621. The molecule has 1 saturated heterocycles. The molecule has 2 rings (SSSR count). The Morgan fingerprint density at radius 3 is 2.58 bits per heavy atom. The van der Waals surface area contributed by atoms with Gasteiger partial charge in [-0.25, -0.2) is 0 Å². The highest BCUT2D eigenvalue weighted by Gasteiger charge is 2.31. The van der Waals surface area contributed by atoms with Crippen molar-refractivity contribution in [3.8, 4) is 0 Å². The molecule has 0 aliphatic carbocycles. The summed E-state index contributed by atoms with van der Waals surface area (Å²) in [6.45, 7) is 5.60. The molecule has 0 aromatic heterocycles. The zero-order valence-electron chi connectivity index (χ0n) is 11.6. The summed E-state index contributed by atoms with van der Waals surface area (Å²) >= 11 is 0. The lowest BCUT2D eigenvalue weighted by atomic mass is 9.90. The minimum Gasteiger partial charge on any atom is -0.334 e. The van der Waals surface area contributed by atoms with E-state index in [0.717, 1.165) is 18.5 Å². The first kappa shape index (κ1) is 16.0. The molecule has 3 nitrogen and oxygen atoms in total. The van der Waals surface area contributed by atoms with E-state index in [-0.39, 0.29) is 24.4 Å². The molecule has 1 fully saturated rings. The molecule has 19 heavy (non-hydrogen) atoms. The van der Waals surface area contributed by atoms with Crippen molar-refractivity contribution in [1.82, 2.24) is 4.90 Å². The normalized spacial score (nSPS) is 22.8. The molecule has 106 valence electrons. The van der Waals surface area contributed by atoms with Gasteiger partial charge in [-0.05, 0) is 37.8 Å². The van der Waals surface area contributed by atoms with E-state index >= 15 is 0 Å². The van der Waals surface area contributed by atoms with Gasteiger partial charge in [-0.15, -0.1) is 12.4 Å². The lowest BCUT2D eigenvalue weighted by molar-refractivity contribution is 0.0532. The van der Waals surface area contributed by atoms with Crippen LogP contribution in [0.5, 0.6) is 0 Å². The van der Waals surface area contributed by atoms with Crippen LogP contribution in [0, 0.1) is 12.8 Å². The van der Waals surface area contributed by atoms with Crippen molar-refractivity contribution in [3.05, 3.63) is 35.4 Å². The van der Waals surface area contributed by atoms with Crippen LogP contribution >= 0.6 is 12.4 Å². The molecule has 1 aromatic carbocycles. The fraction of sp³-hybridized carbons (Fsp3) is 0.533. The van der Waals surface area contributed by atoms with Gasteiger partial charge in [-0.1, -0.05) is 24.6 Å². The third-order valence-corrected chi connectivity index (χ3v) is 3.92. The molecule has 1 aliphatic heterocycles. The smallest absolute Gasteiger partial charge is 0.254 e. The molecule has 2 N–H and O–H groups in total. The molecule has 0 spiro atoms. The fourth-order valence-corrected chi connectivity index (χ4v) is 2.72. The summed E-state index contributed by atoms with van der Waals surface area (Å²) in [7, 11) is 0. The first-order valence-corrected chi connectivity index (χ1v) is 6.71. The van der Waals surface area contributed by atoms with E-state index in [2.05, 4.69) is 6.92 Å². The number of benzene rings is 1. The highest BCUT2D eigenvalue weighted by molar-refractivity contribution is 5.94. The number of amides is 1. The molecular weight excluding hydrogens is 260 g/mol. The van der Waals surface area contributed by atoms with Gasteiger partial charge < -0.3 is 10.6 Å². The summed E-state index contributed by atoms with van der Waals surface area (Å²) in [6.07, 6.45) is 2.24. The van der Waals surface area contributed by atoms with Crippen LogP contribution in [0.15, 0.2) is 24.3 Å². The Bertz CT molecular complexity index is 419. The number of hydrogen-bond acceptors (Lipinski definition) is 2. The van der Waals surface area contributed by atoms with Crippen molar-refractivity contribution in [2.24, 2.45) is 11.7 Å². The Balaban J connectivity index is 0.00000180. The van der Waals surface area contributed by atoms with Crippen molar-refractivity contribution in [2.45, 2.75) is 32.7 Å². The average molecular weight is 283 g/mol. The number of nitrogens with two attached hydrogens (primary N) is 1. The van der Waals surface area contributed by atoms with Crippen LogP contribution in [0.3, 0.4) is 0 Å². The predicted octanol–water partition coefficient (Wildman–Crippen LogP) is 2.62. The summed E-state index contributed by atoms with van der Waals surface area (Å²) in [5, 5.41) is 0. The van der Waals surface area contributed by atoms with Crippen molar-refractivity contribution in [1.29, 1.82) is 0 Å². The van der Waals surface area contributed by atoms with E-state index in [4.69, 9.17) is 5.73 Å². The van der Waals surface area contributed by atoms with Gasteiger partial charge in [0.25, 0.3) is 5.91 Å². The molecule has 0 radical (unpaired) electrons. The van der Waals surface area contributed by atoms with E-state index in [1.165, 1.54) is 12.0 Å². The number of aryl methyl sites for hydroxylation is 1. The summed E-state index contributed by atoms with van der Waals surface area (Å²) < 4.78 is 0. The average Bonchev–Trinajstić information content (AvgIpc) is 2.38. The largest absolute Gasteiger partial charge is 0.334 e. The maximum absolute atomic E-state index is 12.5. The number of nitrogens with zero attached hydrogens (tertiary/aromatic N) is 1.